The second-order valence-electron chi connectivity index (χ2n) is 5.61. The van der Waals surface area contributed by atoms with E-state index in [2.05, 4.69) is 0 Å². The molecule has 0 aliphatic carbocycles. The number of amides is 1. The number of hydrogen-bond donors (Lipinski definition) is 1. The molecule has 5 nitrogen and oxygen atoms in total. The fourth-order valence-electron chi connectivity index (χ4n) is 2.89. The third-order valence-electron chi connectivity index (χ3n) is 4.11. The lowest BCUT2D eigenvalue weighted by Gasteiger charge is -2.29. The van der Waals surface area contributed by atoms with Crippen LogP contribution in [-0.2, 0) is 19.4 Å². The van der Waals surface area contributed by atoms with Gasteiger partial charge in [-0.1, -0.05) is 30.1 Å². The number of halogens is 2. The zero-order valence-corrected chi connectivity index (χ0v) is 14.4. The highest BCUT2D eigenvalue weighted by atomic mass is 35.5. The summed E-state index contributed by atoms with van der Waals surface area (Å²) in [6.07, 6.45) is 1.04. The van der Waals surface area contributed by atoms with Gasteiger partial charge in [-0.15, -0.1) is 0 Å². The van der Waals surface area contributed by atoms with Crippen LogP contribution in [0.5, 0.6) is 0 Å². The summed E-state index contributed by atoms with van der Waals surface area (Å²) in [6.45, 7) is 2.61. The van der Waals surface area contributed by atoms with E-state index in [9.17, 15) is 14.7 Å². The number of aromatic carboxylic acids is 1. The normalized spacial score (nSPS) is 13.7. The molecule has 0 radical (unpaired) electrons. The highest BCUT2D eigenvalue weighted by Crippen LogP contribution is 2.31. The van der Waals surface area contributed by atoms with Gasteiger partial charge in [0.15, 0.2) is 5.76 Å². The van der Waals surface area contributed by atoms with Gasteiger partial charge in [-0.3, -0.25) is 4.79 Å². The van der Waals surface area contributed by atoms with E-state index >= 15 is 0 Å². The molecule has 3 rings (SSSR count). The van der Waals surface area contributed by atoms with Gasteiger partial charge in [-0.05, 0) is 29.7 Å². The van der Waals surface area contributed by atoms with Crippen LogP contribution in [0.3, 0.4) is 0 Å². The summed E-state index contributed by atoms with van der Waals surface area (Å²) in [5.74, 6) is -1.10. The second-order valence-corrected chi connectivity index (χ2v) is 6.45. The molecule has 126 valence electrons. The topological polar surface area (TPSA) is 70.8 Å². The maximum Gasteiger partial charge on any atom is 0.339 e. The summed E-state index contributed by atoms with van der Waals surface area (Å²) in [7, 11) is 0. The lowest BCUT2D eigenvalue weighted by atomic mass is 9.99. The number of carbonyl (C=O) groups excluding carboxylic acids is 1. The maximum atomic E-state index is 12.7. The first kappa shape index (κ1) is 16.9. The minimum Gasteiger partial charge on any atom is -0.478 e. The Labute approximate surface area is 148 Å². The molecule has 1 aromatic heterocycles. The predicted octanol–water partition coefficient (Wildman–Crippen LogP) is 4.05. The van der Waals surface area contributed by atoms with Gasteiger partial charge in [0.05, 0.1) is 0 Å². The Balaban J connectivity index is 1.88. The fourth-order valence-corrected chi connectivity index (χ4v) is 3.48. The van der Waals surface area contributed by atoms with Crippen molar-refractivity contribution in [3.8, 4) is 0 Å². The van der Waals surface area contributed by atoms with Crippen LogP contribution in [0.2, 0.25) is 10.0 Å². The first-order valence-electron chi connectivity index (χ1n) is 7.52. The van der Waals surface area contributed by atoms with E-state index < -0.39 is 5.97 Å². The summed E-state index contributed by atoms with van der Waals surface area (Å²) >= 11 is 12.2. The van der Waals surface area contributed by atoms with Gasteiger partial charge in [-0.2, -0.15) is 0 Å². The lowest BCUT2D eigenvalue weighted by molar-refractivity contribution is 0.0687. The van der Waals surface area contributed by atoms with Crippen LogP contribution in [0.15, 0.2) is 22.6 Å². The first-order chi connectivity index (χ1) is 11.4. The highest BCUT2D eigenvalue weighted by Gasteiger charge is 2.27. The zero-order chi connectivity index (χ0) is 17.4. The van der Waals surface area contributed by atoms with Crippen LogP contribution in [-0.4, -0.2) is 28.4 Å². The van der Waals surface area contributed by atoms with Crippen molar-refractivity contribution in [2.75, 3.05) is 6.54 Å². The van der Waals surface area contributed by atoms with Crippen LogP contribution >= 0.6 is 23.2 Å². The molecule has 2 aromatic rings. The smallest absolute Gasteiger partial charge is 0.339 e. The van der Waals surface area contributed by atoms with E-state index in [0.717, 1.165) is 11.1 Å². The minimum atomic E-state index is -1.10. The Morgan fingerprint density at radius 2 is 2.04 bits per heavy atom. The van der Waals surface area contributed by atoms with E-state index in [1.807, 2.05) is 6.07 Å². The van der Waals surface area contributed by atoms with E-state index in [4.69, 9.17) is 27.6 Å². The minimum absolute atomic E-state index is 0.0306. The van der Waals surface area contributed by atoms with Gasteiger partial charge in [0, 0.05) is 35.6 Å². The fraction of sp³-hybridized carbons (Fsp3) is 0.294. The number of carboxylic acids is 1. The Hall–Kier alpha value is -1.98. The van der Waals surface area contributed by atoms with E-state index in [0.29, 0.717) is 41.7 Å². The van der Waals surface area contributed by atoms with Gasteiger partial charge in [0.2, 0.25) is 0 Å². The predicted molar refractivity (Wildman–Crippen MR) is 90.0 cm³/mol. The van der Waals surface area contributed by atoms with Gasteiger partial charge in [0.25, 0.3) is 5.91 Å². The number of benzene rings is 1. The summed E-state index contributed by atoms with van der Waals surface area (Å²) in [6, 6.07) is 4.80. The largest absolute Gasteiger partial charge is 0.478 e. The highest BCUT2D eigenvalue weighted by molar-refractivity contribution is 6.35. The van der Waals surface area contributed by atoms with Crippen molar-refractivity contribution in [2.24, 2.45) is 0 Å². The number of carboxylic acid groups (broad SMARTS) is 1. The molecule has 0 spiro atoms. The molecule has 1 amide bonds. The third kappa shape index (κ3) is 3.01. The van der Waals surface area contributed by atoms with E-state index in [1.54, 1.807) is 17.9 Å². The molecule has 0 bridgehead atoms. The molecule has 1 N–H and O–H groups in total. The number of fused-ring (bicyclic) bond motifs is 1. The van der Waals surface area contributed by atoms with Crippen molar-refractivity contribution in [1.29, 1.82) is 0 Å². The molecule has 2 heterocycles. The SMILES string of the molecule is CCc1oc(C(=O)N2CCc3cc(Cl)cc(Cl)c3C2)cc1C(=O)O. The molecule has 24 heavy (non-hydrogen) atoms. The molecule has 0 fully saturated rings. The van der Waals surface area contributed by atoms with Crippen LogP contribution < -0.4 is 0 Å². The van der Waals surface area contributed by atoms with Crippen molar-refractivity contribution in [2.45, 2.75) is 26.3 Å². The Kier molecular flexibility index (Phi) is 4.56. The van der Waals surface area contributed by atoms with Crippen molar-refractivity contribution in [3.05, 3.63) is 56.5 Å². The monoisotopic (exact) mass is 367 g/mol. The van der Waals surface area contributed by atoms with Crippen molar-refractivity contribution >= 4 is 35.1 Å². The van der Waals surface area contributed by atoms with Gasteiger partial charge in [0.1, 0.15) is 11.3 Å². The number of nitrogens with zero attached hydrogens (tertiary/aromatic N) is 1. The molecule has 1 aromatic carbocycles. The molecule has 0 unspecified atom stereocenters. The Morgan fingerprint density at radius 3 is 2.67 bits per heavy atom. The van der Waals surface area contributed by atoms with Crippen molar-refractivity contribution in [1.82, 2.24) is 4.90 Å². The summed E-state index contributed by atoms with van der Waals surface area (Å²) < 4.78 is 5.45. The van der Waals surface area contributed by atoms with Crippen LogP contribution in [0.25, 0.3) is 0 Å². The van der Waals surface area contributed by atoms with Crippen molar-refractivity contribution < 1.29 is 19.1 Å². The van der Waals surface area contributed by atoms with Crippen molar-refractivity contribution in [3.63, 3.8) is 0 Å². The van der Waals surface area contributed by atoms with Crippen LogP contribution in [0, 0.1) is 0 Å². The summed E-state index contributed by atoms with van der Waals surface area (Å²) in [5, 5.41) is 10.3. The zero-order valence-electron chi connectivity index (χ0n) is 12.9. The van der Waals surface area contributed by atoms with Gasteiger partial charge < -0.3 is 14.4 Å². The standard InChI is InChI=1S/C17H15Cl2NO4/c1-2-14-11(17(22)23)7-15(24-14)16(21)20-4-3-9-5-10(18)6-13(19)12(9)8-20/h5-7H,2-4,8H2,1H3,(H,22,23). The molecular weight excluding hydrogens is 353 g/mol. The number of hydrogen-bond acceptors (Lipinski definition) is 3. The molecule has 0 atom stereocenters. The summed E-state index contributed by atoms with van der Waals surface area (Å²) in [5.41, 5.74) is 1.92. The third-order valence-corrected chi connectivity index (χ3v) is 4.67. The average molecular weight is 368 g/mol. The number of furan rings is 1. The maximum absolute atomic E-state index is 12.7. The van der Waals surface area contributed by atoms with E-state index in [1.165, 1.54) is 6.07 Å². The second kappa shape index (κ2) is 6.49. The van der Waals surface area contributed by atoms with E-state index in [-0.39, 0.29) is 17.2 Å². The van der Waals surface area contributed by atoms with Gasteiger partial charge >= 0.3 is 5.97 Å². The molecule has 1 aliphatic heterocycles. The Bertz CT molecular complexity index is 828. The average Bonchev–Trinajstić information content (AvgIpc) is 2.98. The van der Waals surface area contributed by atoms with Crippen LogP contribution in [0.4, 0.5) is 0 Å². The molecular formula is C17H15Cl2NO4. The number of rotatable bonds is 3. The Morgan fingerprint density at radius 1 is 1.29 bits per heavy atom. The van der Waals surface area contributed by atoms with Gasteiger partial charge in [-0.25, -0.2) is 4.79 Å². The molecule has 0 saturated heterocycles. The lowest BCUT2D eigenvalue weighted by Crippen LogP contribution is -2.36. The number of aryl methyl sites for hydroxylation is 1. The first-order valence-corrected chi connectivity index (χ1v) is 8.28. The quantitative estimate of drug-likeness (QED) is 0.888. The number of carbonyl (C=O) groups is 2. The molecule has 1 aliphatic rings. The molecule has 7 heteroatoms. The molecule has 0 saturated carbocycles. The van der Waals surface area contributed by atoms with Crippen LogP contribution in [0.1, 0.15) is 44.7 Å². The summed E-state index contributed by atoms with van der Waals surface area (Å²) in [4.78, 5) is 25.5.